The second-order valence-electron chi connectivity index (χ2n) is 5.84. The van der Waals surface area contributed by atoms with Crippen molar-refractivity contribution in [1.29, 1.82) is 0 Å². The first-order valence-corrected chi connectivity index (χ1v) is 9.38. The maximum Gasteiger partial charge on any atom is 0.269 e. The number of carbonyl (C=O) groups is 1. The van der Waals surface area contributed by atoms with Crippen molar-refractivity contribution in [3.63, 3.8) is 0 Å². The van der Waals surface area contributed by atoms with Crippen LogP contribution in [-0.4, -0.2) is 31.5 Å². The topological polar surface area (TPSA) is 97.6 Å². The third-order valence-corrected chi connectivity index (χ3v) is 4.73. The van der Waals surface area contributed by atoms with E-state index in [1.54, 1.807) is 12.1 Å². The lowest BCUT2D eigenvalue weighted by atomic mass is 10.1. The van der Waals surface area contributed by atoms with E-state index in [9.17, 15) is 23.3 Å². The van der Waals surface area contributed by atoms with Gasteiger partial charge >= 0.3 is 0 Å². The Hall–Kier alpha value is -2.74. The van der Waals surface area contributed by atoms with E-state index in [1.165, 1.54) is 41.3 Å². The van der Waals surface area contributed by atoms with Crippen molar-refractivity contribution in [2.75, 3.05) is 11.2 Å². The molecular formula is C17H18N2O5S. The lowest BCUT2D eigenvalue weighted by Gasteiger charge is -2.27. The third-order valence-electron chi connectivity index (χ3n) is 3.60. The normalized spacial score (nSPS) is 11.4. The smallest absolute Gasteiger partial charge is 0.269 e. The number of non-ortho nitro benzene ring substituents is 1. The Morgan fingerprint density at radius 2 is 1.56 bits per heavy atom. The number of nitro benzene ring substituents is 1. The summed E-state index contributed by atoms with van der Waals surface area (Å²) in [6, 6.07) is 11.2. The number of nitro groups is 1. The van der Waals surface area contributed by atoms with Crippen molar-refractivity contribution in [3.8, 4) is 0 Å². The average molecular weight is 362 g/mol. The highest BCUT2D eigenvalue weighted by Gasteiger charge is 2.22. The van der Waals surface area contributed by atoms with Crippen LogP contribution in [0.15, 0.2) is 53.4 Å². The summed E-state index contributed by atoms with van der Waals surface area (Å²) in [7, 11) is -3.32. The first-order valence-electron chi connectivity index (χ1n) is 7.49. The van der Waals surface area contributed by atoms with E-state index in [-0.39, 0.29) is 22.5 Å². The lowest BCUT2D eigenvalue weighted by molar-refractivity contribution is -0.384. The summed E-state index contributed by atoms with van der Waals surface area (Å²) >= 11 is 0. The molecule has 0 aliphatic rings. The van der Waals surface area contributed by atoms with Crippen molar-refractivity contribution >= 4 is 27.1 Å². The summed E-state index contributed by atoms with van der Waals surface area (Å²) in [4.78, 5) is 24.7. The quantitative estimate of drug-likeness (QED) is 0.601. The van der Waals surface area contributed by atoms with Crippen LogP contribution in [0.25, 0.3) is 0 Å². The Morgan fingerprint density at radius 1 is 1.04 bits per heavy atom. The van der Waals surface area contributed by atoms with Gasteiger partial charge < -0.3 is 4.90 Å². The van der Waals surface area contributed by atoms with Crippen LogP contribution in [0, 0.1) is 10.1 Å². The first-order chi connectivity index (χ1) is 11.6. The van der Waals surface area contributed by atoms with Gasteiger partial charge in [-0.1, -0.05) is 0 Å². The summed E-state index contributed by atoms with van der Waals surface area (Å²) in [6.07, 6.45) is 1.12. The number of hydrogen-bond donors (Lipinski definition) is 0. The standard InChI is InChI=1S/C17H18N2O5S/c1-12(2)18(14-8-10-16(11-9-14)25(3,23)24)17(20)13-4-6-15(7-5-13)19(21)22/h4-12H,1-3H3. The highest BCUT2D eigenvalue weighted by atomic mass is 32.2. The van der Waals surface area contributed by atoms with E-state index >= 15 is 0 Å². The number of carbonyl (C=O) groups excluding carboxylic acids is 1. The number of rotatable bonds is 5. The van der Waals surface area contributed by atoms with Gasteiger partial charge in [-0.05, 0) is 50.2 Å². The summed E-state index contributed by atoms with van der Waals surface area (Å²) in [5.74, 6) is -0.322. The second kappa shape index (κ2) is 7.02. The Labute approximate surface area is 146 Å². The molecule has 25 heavy (non-hydrogen) atoms. The van der Waals surface area contributed by atoms with Crippen LogP contribution in [0.4, 0.5) is 11.4 Å². The molecule has 0 heterocycles. The van der Waals surface area contributed by atoms with Crippen molar-refractivity contribution in [2.24, 2.45) is 0 Å². The van der Waals surface area contributed by atoms with Crippen LogP contribution >= 0.6 is 0 Å². The van der Waals surface area contributed by atoms with Crippen molar-refractivity contribution in [3.05, 3.63) is 64.2 Å². The van der Waals surface area contributed by atoms with Gasteiger partial charge in [-0.25, -0.2) is 8.42 Å². The molecule has 0 N–H and O–H groups in total. The molecule has 0 atom stereocenters. The van der Waals surface area contributed by atoms with E-state index in [2.05, 4.69) is 0 Å². The molecule has 0 aliphatic carbocycles. The molecule has 2 aromatic rings. The molecule has 8 heteroatoms. The molecule has 2 aromatic carbocycles. The lowest BCUT2D eigenvalue weighted by Crippen LogP contribution is -2.37. The van der Waals surface area contributed by atoms with E-state index < -0.39 is 14.8 Å². The molecule has 0 fully saturated rings. The fourth-order valence-electron chi connectivity index (χ4n) is 2.37. The Morgan fingerprint density at radius 3 is 1.96 bits per heavy atom. The number of hydrogen-bond acceptors (Lipinski definition) is 5. The van der Waals surface area contributed by atoms with Crippen LogP contribution in [0.3, 0.4) is 0 Å². The molecule has 7 nitrogen and oxygen atoms in total. The van der Waals surface area contributed by atoms with E-state index in [4.69, 9.17) is 0 Å². The summed E-state index contributed by atoms with van der Waals surface area (Å²) in [5.41, 5.74) is 0.766. The SMILES string of the molecule is CC(C)N(C(=O)c1ccc([N+](=O)[O-])cc1)c1ccc(S(C)(=O)=O)cc1. The Balaban J connectivity index is 2.37. The van der Waals surface area contributed by atoms with Gasteiger partial charge in [-0.3, -0.25) is 14.9 Å². The van der Waals surface area contributed by atoms with Gasteiger partial charge in [0, 0.05) is 35.7 Å². The third kappa shape index (κ3) is 4.21. The first kappa shape index (κ1) is 18.6. The van der Waals surface area contributed by atoms with Crippen LogP contribution in [0.1, 0.15) is 24.2 Å². The van der Waals surface area contributed by atoms with Crippen LogP contribution in [0.2, 0.25) is 0 Å². The van der Waals surface area contributed by atoms with Crippen molar-refractivity contribution in [1.82, 2.24) is 0 Å². The number of sulfone groups is 1. The van der Waals surface area contributed by atoms with E-state index in [0.29, 0.717) is 11.3 Å². The van der Waals surface area contributed by atoms with Gasteiger partial charge in [-0.2, -0.15) is 0 Å². The van der Waals surface area contributed by atoms with Gasteiger partial charge in [0.25, 0.3) is 11.6 Å². The highest BCUT2D eigenvalue weighted by molar-refractivity contribution is 7.90. The maximum absolute atomic E-state index is 12.8. The van der Waals surface area contributed by atoms with Crippen molar-refractivity contribution in [2.45, 2.75) is 24.8 Å². The van der Waals surface area contributed by atoms with E-state index in [0.717, 1.165) is 6.26 Å². The molecule has 132 valence electrons. The van der Waals surface area contributed by atoms with Gasteiger partial charge in [-0.15, -0.1) is 0 Å². The second-order valence-corrected chi connectivity index (χ2v) is 7.85. The van der Waals surface area contributed by atoms with Gasteiger partial charge in [0.15, 0.2) is 9.84 Å². The molecule has 0 aliphatic heterocycles. The summed E-state index contributed by atoms with van der Waals surface area (Å²) in [6.45, 7) is 3.65. The van der Waals surface area contributed by atoms with Gasteiger partial charge in [0.1, 0.15) is 0 Å². The molecule has 0 saturated carbocycles. The number of amides is 1. The zero-order valence-electron chi connectivity index (χ0n) is 14.0. The molecule has 0 bridgehead atoms. The fraction of sp³-hybridized carbons (Fsp3) is 0.235. The van der Waals surface area contributed by atoms with Crippen LogP contribution in [0.5, 0.6) is 0 Å². The average Bonchev–Trinajstić information content (AvgIpc) is 2.54. The van der Waals surface area contributed by atoms with Crippen molar-refractivity contribution < 1.29 is 18.1 Å². The Kier molecular flexibility index (Phi) is 5.22. The number of anilines is 1. The minimum atomic E-state index is -3.32. The van der Waals surface area contributed by atoms with Gasteiger partial charge in [0.2, 0.25) is 0 Å². The minimum Gasteiger partial charge on any atom is -0.306 e. The Bertz CT molecular complexity index is 888. The van der Waals surface area contributed by atoms with E-state index in [1.807, 2.05) is 13.8 Å². The van der Waals surface area contributed by atoms with Crippen LogP contribution in [-0.2, 0) is 9.84 Å². The van der Waals surface area contributed by atoms with Crippen LogP contribution < -0.4 is 4.90 Å². The summed E-state index contributed by atoms with van der Waals surface area (Å²) in [5, 5.41) is 10.7. The number of nitrogens with zero attached hydrogens (tertiary/aromatic N) is 2. The molecule has 0 saturated heterocycles. The zero-order chi connectivity index (χ0) is 18.8. The molecule has 0 aromatic heterocycles. The molecule has 1 amide bonds. The largest absolute Gasteiger partial charge is 0.306 e. The van der Waals surface area contributed by atoms with Gasteiger partial charge in [0.05, 0.1) is 9.82 Å². The highest BCUT2D eigenvalue weighted by Crippen LogP contribution is 2.23. The predicted molar refractivity (Wildman–Crippen MR) is 94.6 cm³/mol. The molecule has 0 spiro atoms. The maximum atomic E-state index is 12.8. The predicted octanol–water partition coefficient (Wildman–Crippen LogP) is 3.05. The number of benzene rings is 2. The zero-order valence-corrected chi connectivity index (χ0v) is 14.9. The minimum absolute atomic E-state index is 0.0925. The molecule has 2 rings (SSSR count). The monoisotopic (exact) mass is 362 g/mol. The summed E-state index contributed by atoms with van der Waals surface area (Å²) < 4.78 is 23.1. The fourth-order valence-corrected chi connectivity index (χ4v) is 3.00. The molecular weight excluding hydrogens is 344 g/mol. The molecule has 0 radical (unpaired) electrons. The molecule has 0 unspecified atom stereocenters.